The van der Waals surface area contributed by atoms with Gasteiger partial charge in [0, 0.05) is 23.8 Å². The molecule has 2 unspecified atom stereocenters. The van der Waals surface area contributed by atoms with Crippen LogP contribution in [0.2, 0.25) is 0 Å². The highest BCUT2D eigenvalue weighted by Crippen LogP contribution is 2.35. The molecule has 0 amide bonds. The SMILES string of the molecule is Cc1ccc(NC2CC3CCC(C2)N3C)c(C)n1. The molecule has 2 bridgehead atoms. The van der Waals surface area contributed by atoms with Crippen LogP contribution in [0.25, 0.3) is 0 Å². The first-order valence-electron chi connectivity index (χ1n) is 7.06. The lowest BCUT2D eigenvalue weighted by atomic mass is 9.97. The van der Waals surface area contributed by atoms with Crippen molar-refractivity contribution < 1.29 is 0 Å². The van der Waals surface area contributed by atoms with Crippen molar-refractivity contribution in [1.82, 2.24) is 9.88 Å². The van der Waals surface area contributed by atoms with Crippen molar-refractivity contribution in [2.24, 2.45) is 0 Å². The molecule has 1 aromatic rings. The molecule has 2 aliphatic heterocycles. The van der Waals surface area contributed by atoms with Crippen LogP contribution < -0.4 is 5.32 Å². The van der Waals surface area contributed by atoms with E-state index in [1.807, 2.05) is 6.92 Å². The number of hydrogen-bond acceptors (Lipinski definition) is 3. The third kappa shape index (κ3) is 2.12. The molecule has 18 heavy (non-hydrogen) atoms. The van der Waals surface area contributed by atoms with E-state index in [0.29, 0.717) is 6.04 Å². The first kappa shape index (κ1) is 12.0. The molecule has 3 heteroatoms. The van der Waals surface area contributed by atoms with Crippen molar-refractivity contribution >= 4 is 5.69 Å². The number of hydrogen-bond donors (Lipinski definition) is 1. The molecule has 0 radical (unpaired) electrons. The molecule has 2 atom stereocenters. The molecule has 0 saturated carbocycles. The van der Waals surface area contributed by atoms with Gasteiger partial charge in [0.05, 0.1) is 11.4 Å². The first-order valence-corrected chi connectivity index (χ1v) is 7.06. The summed E-state index contributed by atoms with van der Waals surface area (Å²) in [4.78, 5) is 7.12. The average Bonchev–Trinajstić information content (AvgIpc) is 2.57. The molecular formula is C15H23N3. The number of piperidine rings is 1. The Kier molecular flexibility index (Phi) is 3.02. The van der Waals surface area contributed by atoms with Crippen molar-refractivity contribution in [1.29, 1.82) is 0 Å². The Hall–Kier alpha value is -1.09. The van der Waals surface area contributed by atoms with Crippen molar-refractivity contribution in [3.63, 3.8) is 0 Å². The number of anilines is 1. The summed E-state index contributed by atoms with van der Waals surface area (Å²) < 4.78 is 0. The van der Waals surface area contributed by atoms with Gasteiger partial charge >= 0.3 is 0 Å². The molecule has 0 aliphatic carbocycles. The van der Waals surface area contributed by atoms with E-state index in [-0.39, 0.29) is 0 Å². The standard InChI is InChI=1S/C15H23N3/c1-10-4-7-15(11(2)16-10)17-12-8-13-5-6-14(9-12)18(13)3/h4,7,12-14,17H,5-6,8-9H2,1-3H3. The number of aryl methyl sites for hydroxylation is 2. The normalized spacial score (nSPS) is 31.6. The highest BCUT2D eigenvalue weighted by Gasteiger charge is 2.38. The Balaban J connectivity index is 1.70. The summed E-state index contributed by atoms with van der Waals surface area (Å²) in [7, 11) is 2.29. The van der Waals surface area contributed by atoms with E-state index in [1.165, 1.54) is 31.4 Å². The van der Waals surface area contributed by atoms with Crippen LogP contribution >= 0.6 is 0 Å². The van der Waals surface area contributed by atoms with Crippen LogP contribution in [-0.2, 0) is 0 Å². The van der Waals surface area contributed by atoms with E-state index in [2.05, 4.69) is 41.3 Å². The van der Waals surface area contributed by atoms with Gasteiger partial charge in [-0.3, -0.25) is 4.98 Å². The maximum Gasteiger partial charge on any atom is 0.0606 e. The molecule has 1 N–H and O–H groups in total. The average molecular weight is 245 g/mol. The van der Waals surface area contributed by atoms with E-state index in [4.69, 9.17) is 0 Å². The monoisotopic (exact) mass is 245 g/mol. The fourth-order valence-corrected chi connectivity index (χ4v) is 3.59. The minimum atomic E-state index is 0.627. The van der Waals surface area contributed by atoms with Gasteiger partial charge in [0.2, 0.25) is 0 Å². The first-order chi connectivity index (χ1) is 8.63. The van der Waals surface area contributed by atoms with E-state index in [1.54, 1.807) is 0 Å². The van der Waals surface area contributed by atoms with Gasteiger partial charge in [-0.05, 0) is 58.7 Å². The molecule has 1 aromatic heterocycles. The molecule has 3 rings (SSSR count). The summed E-state index contributed by atoms with van der Waals surface area (Å²) in [5.74, 6) is 0. The summed E-state index contributed by atoms with van der Waals surface area (Å²) in [6, 6.07) is 6.48. The minimum absolute atomic E-state index is 0.627. The fraction of sp³-hybridized carbons (Fsp3) is 0.667. The number of nitrogens with one attached hydrogen (secondary N) is 1. The maximum absolute atomic E-state index is 4.53. The molecule has 2 saturated heterocycles. The van der Waals surface area contributed by atoms with E-state index in [9.17, 15) is 0 Å². The Bertz CT molecular complexity index is 429. The van der Waals surface area contributed by atoms with Gasteiger partial charge in [-0.15, -0.1) is 0 Å². The second-order valence-corrected chi connectivity index (χ2v) is 5.95. The zero-order chi connectivity index (χ0) is 12.7. The molecular weight excluding hydrogens is 222 g/mol. The topological polar surface area (TPSA) is 28.2 Å². The molecule has 0 spiro atoms. The summed E-state index contributed by atoms with van der Waals surface area (Å²) in [5, 5.41) is 3.71. The lowest BCUT2D eigenvalue weighted by molar-refractivity contribution is 0.169. The van der Waals surface area contributed by atoms with Crippen molar-refractivity contribution in [3.05, 3.63) is 23.5 Å². The number of rotatable bonds is 2. The number of aromatic nitrogens is 1. The number of nitrogens with zero attached hydrogens (tertiary/aromatic N) is 2. The van der Waals surface area contributed by atoms with Crippen LogP contribution in [-0.4, -0.2) is 35.1 Å². The van der Waals surface area contributed by atoms with Crippen LogP contribution in [0.3, 0.4) is 0 Å². The zero-order valence-corrected chi connectivity index (χ0v) is 11.6. The van der Waals surface area contributed by atoms with Crippen LogP contribution in [0.4, 0.5) is 5.69 Å². The summed E-state index contributed by atoms with van der Waals surface area (Å²) in [6.45, 7) is 4.14. The number of pyridine rings is 1. The van der Waals surface area contributed by atoms with Gasteiger partial charge in [0.1, 0.15) is 0 Å². The molecule has 0 aromatic carbocycles. The Labute approximate surface area is 110 Å². The second-order valence-electron chi connectivity index (χ2n) is 5.95. The van der Waals surface area contributed by atoms with E-state index >= 15 is 0 Å². The third-order valence-electron chi connectivity index (χ3n) is 4.68. The second kappa shape index (κ2) is 4.54. The molecule has 3 nitrogen and oxygen atoms in total. The predicted octanol–water partition coefficient (Wildman–Crippen LogP) is 2.74. The quantitative estimate of drug-likeness (QED) is 0.868. The summed E-state index contributed by atoms with van der Waals surface area (Å²) in [5.41, 5.74) is 3.44. The number of fused-ring (bicyclic) bond motifs is 2. The van der Waals surface area contributed by atoms with Gasteiger partial charge in [-0.2, -0.15) is 0 Å². The van der Waals surface area contributed by atoms with Crippen LogP contribution in [0.5, 0.6) is 0 Å². The van der Waals surface area contributed by atoms with E-state index in [0.717, 1.165) is 23.5 Å². The maximum atomic E-state index is 4.53. The Morgan fingerprint density at radius 2 is 1.83 bits per heavy atom. The highest BCUT2D eigenvalue weighted by molar-refractivity contribution is 5.48. The Morgan fingerprint density at radius 1 is 1.17 bits per heavy atom. The molecule has 2 aliphatic rings. The Morgan fingerprint density at radius 3 is 2.44 bits per heavy atom. The van der Waals surface area contributed by atoms with Crippen LogP contribution in [0.15, 0.2) is 12.1 Å². The highest BCUT2D eigenvalue weighted by atomic mass is 15.2. The fourth-order valence-electron chi connectivity index (χ4n) is 3.59. The molecule has 3 heterocycles. The van der Waals surface area contributed by atoms with Crippen molar-refractivity contribution in [3.8, 4) is 0 Å². The lowest BCUT2D eigenvalue weighted by Crippen LogP contribution is -2.44. The molecule has 2 fully saturated rings. The van der Waals surface area contributed by atoms with Crippen LogP contribution in [0.1, 0.15) is 37.1 Å². The lowest BCUT2D eigenvalue weighted by Gasteiger charge is -2.37. The van der Waals surface area contributed by atoms with Gasteiger partial charge in [-0.25, -0.2) is 0 Å². The smallest absolute Gasteiger partial charge is 0.0606 e. The third-order valence-corrected chi connectivity index (χ3v) is 4.68. The van der Waals surface area contributed by atoms with E-state index < -0.39 is 0 Å². The minimum Gasteiger partial charge on any atom is -0.381 e. The zero-order valence-electron chi connectivity index (χ0n) is 11.6. The van der Waals surface area contributed by atoms with Gasteiger partial charge in [-0.1, -0.05) is 0 Å². The van der Waals surface area contributed by atoms with Crippen molar-refractivity contribution in [2.75, 3.05) is 12.4 Å². The predicted molar refractivity (Wildman–Crippen MR) is 74.9 cm³/mol. The summed E-state index contributed by atoms with van der Waals surface area (Å²) >= 11 is 0. The van der Waals surface area contributed by atoms with Gasteiger partial charge in [0.15, 0.2) is 0 Å². The van der Waals surface area contributed by atoms with Crippen LogP contribution in [0, 0.1) is 13.8 Å². The van der Waals surface area contributed by atoms with Crippen molar-refractivity contribution in [2.45, 2.75) is 57.7 Å². The largest absolute Gasteiger partial charge is 0.381 e. The summed E-state index contributed by atoms with van der Waals surface area (Å²) in [6.07, 6.45) is 5.32. The van der Waals surface area contributed by atoms with Gasteiger partial charge < -0.3 is 10.2 Å². The van der Waals surface area contributed by atoms with Gasteiger partial charge in [0.25, 0.3) is 0 Å². The molecule has 98 valence electrons.